The highest BCUT2D eigenvalue weighted by Crippen LogP contribution is 2.19. The number of β-amino-alcohol motifs (C(OH)–C–C–N with tert-alkyl or cyclic N) is 1. The molecular weight excluding hydrogens is 234 g/mol. The zero-order valence-electron chi connectivity index (χ0n) is 10.5. The molecule has 0 spiro atoms. The van der Waals surface area contributed by atoms with E-state index in [1.165, 1.54) is 13.3 Å². The van der Waals surface area contributed by atoms with Crippen molar-refractivity contribution >= 4 is 5.91 Å². The largest absolute Gasteiger partial charge is 0.494 e. The molecule has 6 nitrogen and oxygen atoms in total. The molecule has 0 saturated carbocycles. The maximum Gasteiger partial charge on any atom is 0.257 e. The van der Waals surface area contributed by atoms with Crippen LogP contribution in [0.25, 0.3) is 0 Å². The van der Waals surface area contributed by atoms with Gasteiger partial charge in [-0.2, -0.15) is 0 Å². The lowest BCUT2D eigenvalue weighted by atomic mass is 10.1. The number of amides is 1. The van der Waals surface area contributed by atoms with Crippen molar-refractivity contribution in [2.75, 3.05) is 27.2 Å². The Hall–Kier alpha value is -1.66. The normalized spacial score (nSPS) is 22.8. The molecule has 1 aliphatic rings. The molecule has 1 aliphatic heterocycles. The molecule has 1 aromatic rings. The summed E-state index contributed by atoms with van der Waals surface area (Å²) in [4.78, 5) is 17.8. The Balaban J connectivity index is 2.20. The van der Waals surface area contributed by atoms with Crippen LogP contribution < -0.4 is 10.1 Å². The zero-order chi connectivity index (χ0) is 13.1. The van der Waals surface area contributed by atoms with E-state index in [2.05, 4.69) is 10.3 Å². The number of methoxy groups -OCH3 is 1. The van der Waals surface area contributed by atoms with Gasteiger partial charge in [0, 0.05) is 26.3 Å². The first-order valence-electron chi connectivity index (χ1n) is 5.79. The van der Waals surface area contributed by atoms with Crippen LogP contribution in [0.4, 0.5) is 0 Å². The lowest BCUT2D eigenvalue weighted by Gasteiger charge is -2.26. The van der Waals surface area contributed by atoms with Gasteiger partial charge in [-0.15, -0.1) is 0 Å². The number of carbonyl (C=O) groups is 1. The van der Waals surface area contributed by atoms with Crippen LogP contribution in [0, 0.1) is 0 Å². The van der Waals surface area contributed by atoms with Gasteiger partial charge < -0.3 is 20.1 Å². The van der Waals surface area contributed by atoms with Crippen LogP contribution in [0.1, 0.15) is 10.4 Å². The number of pyridine rings is 1. The van der Waals surface area contributed by atoms with Gasteiger partial charge in [-0.1, -0.05) is 0 Å². The third-order valence-corrected chi connectivity index (χ3v) is 3.20. The number of carbonyl (C=O) groups excluding carboxylic acids is 1. The van der Waals surface area contributed by atoms with Crippen molar-refractivity contribution < 1.29 is 14.6 Å². The van der Waals surface area contributed by atoms with E-state index in [1.807, 2.05) is 0 Å². The monoisotopic (exact) mass is 251 g/mol. The Morgan fingerprint density at radius 3 is 3.00 bits per heavy atom. The quantitative estimate of drug-likeness (QED) is 0.757. The van der Waals surface area contributed by atoms with E-state index >= 15 is 0 Å². The number of aliphatic hydroxyl groups excluding tert-OH is 1. The van der Waals surface area contributed by atoms with Gasteiger partial charge in [0.2, 0.25) is 0 Å². The third kappa shape index (κ3) is 2.30. The van der Waals surface area contributed by atoms with E-state index in [0.717, 1.165) is 0 Å². The number of aromatic nitrogens is 1. The molecule has 2 heterocycles. The topological polar surface area (TPSA) is 74.7 Å². The molecule has 2 rings (SSSR count). The van der Waals surface area contributed by atoms with Crippen molar-refractivity contribution in [1.82, 2.24) is 15.2 Å². The first kappa shape index (κ1) is 12.8. The number of rotatable bonds is 3. The number of hydrogen-bond donors (Lipinski definition) is 2. The summed E-state index contributed by atoms with van der Waals surface area (Å²) in [6, 6.07) is 1.40. The number of nitrogens with zero attached hydrogens (tertiary/aromatic N) is 2. The molecule has 1 saturated heterocycles. The number of hydrogen-bond acceptors (Lipinski definition) is 5. The summed E-state index contributed by atoms with van der Waals surface area (Å²) in [6.07, 6.45) is 2.52. The summed E-state index contributed by atoms with van der Waals surface area (Å²) < 4.78 is 5.12. The summed E-state index contributed by atoms with van der Waals surface area (Å²) in [5.41, 5.74) is 0.453. The minimum atomic E-state index is -0.535. The molecule has 0 unspecified atom stereocenters. The fourth-order valence-corrected chi connectivity index (χ4v) is 2.11. The van der Waals surface area contributed by atoms with Crippen molar-refractivity contribution in [3.8, 4) is 5.75 Å². The molecule has 1 amide bonds. The van der Waals surface area contributed by atoms with Gasteiger partial charge in [0.1, 0.15) is 5.75 Å². The van der Waals surface area contributed by atoms with Gasteiger partial charge in [-0.05, 0) is 6.07 Å². The van der Waals surface area contributed by atoms with Gasteiger partial charge in [-0.3, -0.25) is 9.78 Å². The third-order valence-electron chi connectivity index (χ3n) is 3.20. The molecule has 0 aromatic carbocycles. The maximum atomic E-state index is 12.3. The fourth-order valence-electron chi connectivity index (χ4n) is 2.11. The molecule has 0 aliphatic carbocycles. The lowest BCUT2D eigenvalue weighted by molar-refractivity contribution is 0.0578. The Bertz CT molecular complexity index is 438. The summed E-state index contributed by atoms with van der Waals surface area (Å²) in [7, 11) is 3.18. The molecule has 18 heavy (non-hydrogen) atoms. The fraction of sp³-hybridized carbons (Fsp3) is 0.500. The minimum absolute atomic E-state index is 0.179. The SMILES string of the molecule is COc1cnccc1C(=O)N(C)[C@H]1CNC[C@@H]1O. The highest BCUT2D eigenvalue weighted by Gasteiger charge is 2.32. The van der Waals surface area contributed by atoms with Gasteiger partial charge in [0.25, 0.3) is 5.91 Å². The van der Waals surface area contributed by atoms with Crippen molar-refractivity contribution in [3.63, 3.8) is 0 Å². The van der Waals surface area contributed by atoms with Crippen LogP contribution in [0.3, 0.4) is 0 Å². The van der Waals surface area contributed by atoms with Crippen molar-refractivity contribution in [1.29, 1.82) is 0 Å². The molecule has 1 aromatic heterocycles. The summed E-state index contributed by atoms with van der Waals surface area (Å²) in [5.74, 6) is 0.261. The molecule has 98 valence electrons. The van der Waals surface area contributed by atoms with Crippen LogP contribution in [-0.2, 0) is 0 Å². The van der Waals surface area contributed by atoms with Crippen LogP contribution in [0.5, 0.6) is 5.75 Å². The molecule has 2 atom stereocenters. The number of likely N-dealkylation sites (N-methyl/N-ethyl adjacent to an activating group) is 1. The van der Waals surface area contributed by atoms with Crippen molar-refractivity contribution in [3.05, 3.63) is 24.0 Å². The van der Waals surface area contributed by atoms with Crippen LogP contribution in [0.2, 0.25) is 0 Å². The van der Waals surface area contributed by atoms with Gasteiger partial charge in [0.05, 0.1) is 31.0 Å². The van der Waals surface area contributed by atoms with E-state index in [9.17, 15) is 9.90 Å². The average molecular weight is 251 g/mol. The molecular formula is C12H17N3O3. The van der Waals surface area contributed by atoms with E-state index < -0.39 is 6.10 Å². The minimum Gasteiger partial charge on any atom is -0.494 e. The zero-order valence-corrected chi connectivity index (χ0v) is 10.5. The second kappa shape index (κ2) is 5.32. The first-order valence-corrected chi connectivity index (χ1v) is 5.79. The Morgan fingerprint density at radius 2 is 2.39 bits per heavy atom. The molecule has 2 N–H and O–H groups in total. The van der Waals surface area contributed by atoms with Crippen LogP contribution in [-0.4, -0.2) is 60.3 Å². The Morgan fingerprint density at radius 1 is 1.61 bits per heavy atom. The highest BCUT2D eigenvalue weighted by molar-refractivity contribution is 5.96. The first-order chi connectivity index (χ1) is 8.65. The number of nitrogens with one attached hydrogen (secondary N) is 1. The summed E-state index contributed by atoms with van der Waals surface area (Å²) >= 11 is 0. The molecule has 0 bridgehead atoms. The highest BCUT2D eigenvalue weighted by atomic mass is 16.5. The molecule has 1 fully saturated rings. The number of aliphatic hydroxyl groups is 1. The van der Waals surface area contributed by atoms with Crippen LogP contribution in [0.15, 0.2) is 18.5 Å². The molecule has 0 radical (unpaired) electrons. The van der Waals surface area contributed by atoms with E-state index in [0.29, 0.717) is 24.4 Å². The molecule has 6 heteroatoms. The lowest BCUT2D eigenvalue weighted by Crippen LogP contribution is -2.44. The Labute approximate surface area is 106 Å². The maximum absolute atomic E-state index is 12.3. The van der Waals surface area contributed by atoms with Crippen molar-refractivity contribution in [2.24, 2.45) is 0 Å². The van der Waals surface area contributed by atoms with E-state index in [-0.39, 0.29) is 11.9 Å². The van der Waals surface area contributed by atoms with Gasteiger partial charge in [-0.25, -0.2) is 0 Å². The van der Waals surface area contributed by atoms with Gasteiger partial charge in [0.15, 0.2) is 0 Å². The summed E-state index contributed by atoms with van der Waals surface area (Å²) in [5, 5.41) is 12.8. The standard InChI is InChI=1S/C12H17N3O3/c1-15(9-5-14-6-10(9)16)12(17)8-3-4-13-7-11(8)18-2/h3-4,7,9-10,14,16H,5-6H2,1-2H3/t9-,10-/m0/s1. The Kier molecular flexibility index (Phi) is 3.78. The van der Waals surface area contributed by atoms with Gasteiger partial charge >= 0.3 is 0 Å². The predicted molar refractivity (Wildman–Crippen MR) is 65.5 cm³/mol. The second-order valence-corrected chi connectivity index (χ2v) is 4.28. The van der Waals surface area contributed by atoms with E-state index in [1.54, 1.807) is 24.2 Å². The number of ether oxygens (including phenoxy) is 1. The average Bonchev–Trinajstić information content (AvgIpc) is 2.83. The summed E-state index contributed by atoms with van der Waals surface area (Å²) in [6.45, 7) is 1.10. The van der Waals surface area contributed by atoms with Crippen molar-refractivity contribution in [2.45, 2.75) is 12.1 Å². The second-order valence-electron chi connectivity index (χ2n) is 4.28. The smallest absolute Gasteiger partial charge is 0.257 e. The van der Waals surface area contributed by atoms with E-state index in [4.69, 9.17) is 4.74 Å². The van der Waals surface area contributed by atoms with Crippen LogP contribution >= 0.6 is 0 Å². The predicted octanol–water partition coefficient (Wildman–Crippen LogP) is -0.505.